The Morgan fingerprint density at radius 1 is 1.38 bits per heavy atom. The molecular formula is C19H32N4O2S. The molecule has 1 aromatic rings. The number of nitrogens with zero attached hydrogens (tertiary/aromatic N) is 2. The number of carbonyl (C=O) groups excluding carboxylic acids is 1. The molecule has 0 spiro atoms. The number of rotatable bonds is 7. The molecular weight excluding hydrogens is 348 g/mol. The number of amides is 1. The van der Waals surface area contributed by atoms with Crippen LogP contribution in [0.25, 0.3) is 0 Å². The van der Waals surface area contributed by atoms with Gasteiger partial charge in [-0.3, -0.25) is 4.79 Å². The third kappa shape index (κ3) is 4.98. The van der Waals surface area contributed by atoms with Crippen LogP contribution in [0.4, 0.5) is 0 Å². The van der Waals surface area contributed by atoms with E-state index in [2.05, 4.69) is 15.6 Å². The average Bonchev–Trinajstić information content (AvgIpc) is 3.29. The van der Waals surface area contributed by atoms with Crippen molar-refractivity contribution in [2.24, 2.45) is 10.4 Å². The van der Waals surface area contributed by atoms with Crippen LogP contribution in [0.2, 0.25) is 0 Å². The van der Waals surface area contributed by atoms with Crippen LogP contribution in [0.15, 0.2) is 22.5 Å². The van der Waals surface area contributed by atoms with Gasteiger partial charge in [-0.15, -0.1) is 11.3 Å². The maximum absolute atomic E-state index is 12.7. The van der Waals surface area contributed by atoms with Crippen LogP contribution >= 0.6 is 11.3 Å². The van der Waals surface area contributed by atoms with E-state index < -0.39 is 5.60 Å². The van der Waals surface area contributed by atoms with Crippen LogP contribution in [0.3, 0.4) is 0 Å². The molecule has 0 radical (unpaired) electrons. The molecule has 1 amide bonds. The predicted molar refractivity (Wildman–Crippen MR) is 107 cm³/mol. The smallest absolute Gasteiger partial charge is 0.230 e. The minimum atomic E-state index is -0.999. The van der Waals surface area contributed by atoms with Gasteiger partial charge in [-0.25, -0.2) is 4.99 Å². The summed E-state index contributed by atoms with van der Waals surface area (Å²) in [6.45, 7) is 5.33. The molecule has 1 aliphatic carbocycles. The number of hydrogen-bond acceptors (Lipinski definition) is 4. The number of hydrogen-bond donors (Lipinski definition) is 3. The first-order valence-corrected chi connectivity index (χ1v) is 10.2. The lowest BCUT2D eigenvalue weighted by atomic mass is 9.84. The molecule has 26 heavy (non-hydrogen) atoms. The van der Waals surface area contributed by atoms with Crippen molar-refractivity contribution in [2.45, 2.75) is 45.1 Å². The Bertz CT molecular complexity index is 605. The summed E-state index contributed by atoms with van der Waals surface area (Å²) >= 11 is 1.52. The van der Waals surface area contributed by atoms with E-state index >= 15 is 0 Å². The van der Waals surface area contributed by atoms with E-state index in [0.29, 0.717) is 12.5 Å². The Morgan fingerprint density at radius 2 is 2.08 bits per heavy atom. The molecule has 0 saturated heterocycles. The summed E-state index contributed by atoms with van der Waals surface area (Å²) in [7, 11) is 3.64. The molecule has 0 aromatic carbocycles. The fraction of sp³-hybridized carbons (Fsp3) is 0.684. The zero-order valence-electron chi connectivity index (χ0n) is 16.3. The van der Waals surface area contributed by atoms with Crippen LogP contribution in [-0.4, -0.2) is 55.6 Å². The van der Waals surface area contributed by atoms with E-state index in [9.17, 15) is 9.90 Å². The second kappa shape index (κ2) is 8.86. The molecule has 2 rings (SSSR count). The molecule has 1 aromatic heterocycles. The molecule has 0 bridgehead atoms. The molecule has 1 unspecified atom stereocenters. The summed E-state index contributed by atoms with van der Waals surface area (Å²) in [4.78, 5) is 19.8. The highest BCUT2D eigenvalue weighted by Crippen LogP contribution is 2.38. The molecule has 1 heterocycles. The number of aliphatic imine (C=N–C) groups is 1. The van der Waals surface area contributed by atoms with Gasteiger partial charge in [-0.2, -0.15) is 0 Å². The molecule has 1 saturated carbocycles. The van der Waals surface area contributed by atoms with Gasteiger partial charge in [0.25, 0.3) is 0 Å². The third-order valence-electron chi connectivity index (χ3n) is 4.96. The molecule has 1 atom stereocenters. The molecule has 3 N–H and O–H groups in total. The SMILES string of the molecule is CCNC(=NCC(C)(O)c1cccs1)NCC1(C(=O)N(C)C)CCCC1. The van der Waals surface area contributed by atoms with E-state index in [1.165, 1.54) is 11.3 Å². The summed E-state index contributed by atoms with van der Waals surface area (Å²) in [6, 6.07) is 3.85. The van der Waals surface area contributed by atoms with Crippen molar-refractivity contribution >= 4 is 23.2 Å². The normalized spacial score (nSPS) is 19.0. The molecule has 1 fully saturated rings. The first-order valence-electron chi connectivity index (χ1n) is 9.31. The maximum Gasteiger partial charge on any atom is 0.230 e. The lowest BCUT2D eigenvalue weighted by molar-refractivity contribution is -0.138. The van der Waals surface area contributed by atoms with Gasteiger partial charge in [-0.05, 0) is 38.1 Å². The fourth-order valence-corrected chi connectivity index (χ4v) is 4.26. The van der Waals surface area contributed by atoms with Gasteiger partial charge in [0.15, 0.2) is 5.96 Å². The van der Waals surface area contributed by atoms with Crippen molar-refractivity contribution in [3.63, 3.8) is 0 Å². The second-order valence-corrected chi connectivity index (χ2v) is 8.43. The van der Waals surface area contributed by atoms with Gasteiger partial charge in [0.2, 0.25) is 5.91 Å². The van der Waals surface area contributed by atoms with Gasteiger partial charge in [0.1, 0.15) is 5.60 Å². The van der Waals surface area contributed by atoms with Gasteiger partial charge < -0.3 is 20.6 Å². The second-order valence-electron chi connectivity index (χ2n) is 7.49. The van der Waals surface area contributed by atoms with Crippen LogP contribution in [0.1, 0.15) is 44.4 Å². The van der Waals surface area contributed by atoms with Crippen molar-refractivity contribution in [1.29, 1.82) is 0 Å². The van der Waals surface area contributed by atoms with E-state index in [0.717, 1.165) is 37.1 Å². The Kier molecular flexibility index (Phi) is 7.06. The maximum atomic E-state index is 12.7. The Balaban J connectivity index is 2.06. The third-order valence-corrected chi connectivity index (χ3v) is 6.08. The minimum absolute atomic E-state index is 0.184. The molecule has 0 aliphatic heterocycles. The van der Waals surface area contributed by atoms with E-state index in [1.807, 2.05) is 38.5 Å². The predicted octanol–water partition coefficient (Wildman–Crippen LogP) is 2.16. The van der Waals surface area contributed by atoms with E-state index in [-0.39, 0.29) is 17.9 Å². The number of thiophene rings is 1. The Hall–Kier alpha value is -1.60. The zero-order valence-corrected chi connectivity index (χ0v) is 17.2. The topological polar surface area (TPSA) is 77.0 Å². The monoisotopic (exact) mass is 380 g/mol. The van der Waals surface area contributed by atoms with Crippen molar-refractivity contribution in [3.8, 4) is 0 Å². The van der Waals surface area contributed by atoms with Crippen molar-refractivity contribution in [1.82, 2.24) is 15.5 Å². The highest BCUT2D eigenvalue weighted by atomic mass is 32.1. The summed E-state index contributed by atoms with van der Waals surface area (Å²) in [5.41, 5.74) is -1.35. The van der Waals surface area contributed by atoms with Gasteiger partial charge >= 0.3 is 0 Å². The van der Waals surface area contributed by atoms with Crippen molar-refractivity contribution in [3.05, 3.63) is 22.4 Å². The van der Waals surface area contributed by atoms with Crippen LogP contribution in [0.5, 0.6) is 0 Å². The zero-order chi connectivity index (χ0) is 19.2. The molecule has 7 heteroatoms. The lowest BCUT2D eigenvalue weighted by Crippen LogP contribution is -2.49. The molecule has 6 nitrogen and oxygen atoms in total. The lowest BCUT2D eigenvalue weighted by Gasteiger charge is -2.31. The van der Waals surface area contributed by atoms with Crippen molar-refractivity contribution in [2.75, 3.05) is 33.7 Å². The van der Waals surface area contributed by atoms with Gasteiger partial charge in [-0.1, -0.05) is 18.9 Å². The van der Waals surface area contributed by atoms with Crippen LogP contribution in [-0.2, 0) is 10.4 Å². The fourth-order valence-electron chi connectivity index (χ4n) is 3.48. The summed E-state index contributed by atoms with van der Waals surface area (Å²) in [5.74, 6) is 0.825. The highest BCUT2D eigenvalue weighted by molar-refractivity contribution is 7.10. The van der Waals surface area contributed by atoms with Crippen LogP contribution < -0.4 is 10.6 Å². The van der Waals surface area contributed by atoms with Crippen molar-refractivity contribution < 1.29 is 9.90 Å². The number of carbonyl (C=O) groups is 1. The standard InChI is InChI=1S/C19H32N4O2S/c1-5-20-17(21-13-18(2,25)15-9-8-12-26-15)22-14-19(10-6-7-11-19)16(24)23(3)4/h8-9,12,25H,5-7,10-11,13-14H2,1-4H3,(H2,20,21,22). The Labute approximate surface area is 160 Å². The number of nitrogens with one attached hydrogen (secondary N) is 2. The minimum Gasteiger partial charge on any atom is -0.383 e. The highest BCUT2D eigenvalue weighted by Gasteiger charge is 2.42. The first-order chi connectivity index (χ1) is 12.3. The Morgan fingerprint density at radius 3 is 2.62 bits per heavy atom. The van der Waals surface area contributed by atoms with E-state index in [1.54, 1.807) is 11.8 Å². The van der Waals surface area contributed by atoms with Gasteiger partial charge in [0, 0.05) is 32.1 Å². The summed E-state index contributed by atoms with van der Waals surface area (Å²) < 4.78 is 0. The average molecular weight is 381 g/mol. The van der Waals surface area contributed by atoms with Gasteiger partial charge in [0.05, 0.1) is 12.0 Å². The molecule has 146 valence electrons. The number of aliphatic hydroxyl groups is 1. The first kappa shape index (κ1) is 20.7. The van der Waals surface area contributed by atoms with Crippen LogP contribution in [0, 0.1) is 5.41 Å². The quantitative estimate of drug-likeness (QED) is 0.500. The summed E-state index contributed by atoms with van der Waals surface area (Å²) in [5, 5.41) is 19.2. The van der Waals surface area contributed by atoms with E-state index in [4.69, 9.17) is 0 Å². The molecule has 1 aliphatic rings. The number of guanidine groups is 1. The largest absolute Gasteiger partial charge is 0.383 e. The summed E-state index contributed by atoms with van der Waals surface area (Å²) in [6.07, 6.45) is 3.98.